The zero-order valence-electron chi connectivity index (χ0n) is 15.5. The Morgan fingerprint density at radius 2 is 2.14 bits per heavy atom. The number of hydrogen-bond donors (Lipinski definition) is 0. The van der Waals surface area contributed by atoms with Crippen molar-refractivity contribution in [1.29, 1.82) is 5.26 Å². The second-order valence-corrected chi connectivity index (χ2v) is 7.79. The van der Waals surface area contributed by atoms with Crippen molar-refractivity contribution in [1.82, 2.24) is 9.47 Å². The molecule has 8 heteroatoms. The number of nitriles is 1. The zero-order valence-corrected chi connectivity index (χ0v) is 17.1. The number of amides is 1. The summed E-state index contributed by atoms with van der Waals surface area (Å²) in [5, 5.41) is 10.3. The lowest BCUT2D eigenvalue weighted by Gasteiger charge is -2.26. The van der Waals surface area contributed by atoms with Gasteiger partial charge in [-0.3, -0.25) is 14.2 Å². The Balaban J connectivity index is 2.18. The van der Waals surface area contributed by atoms with Gasteiger partial charge in [0.25, 0.3) is 11.5 Å². The average Bonchev–Trinajstić information content (AvgIpc) is 2.99. The fraction of sp³-hybridized carbons (Fsp3) is 0.350. The van der Waals surface area contributed by atoms with E-state index >= 15 is 0 Å². The summed E-state index contributed by atoms with van der Waals surface area (Å²) >= 11 is 7.20. The number of aromatic nitrogens is 1. The molecule has 1 aliphatic heterocycles. The molecule has 3 rings (SSSR count). The van der Waals surface area contributed by atoms with E-state index in [1.807, 2.05) is 25.1 Å². The molecule has 2 heterocycles. The average molecular weight is 418 g/mol. The van der Waals surface area contributed by atoms with Crippen molar-refractivity contribution in [3.05, 3.63) is 54.4 Å². The molecule has 6 nitrogen and oxygen atoms in total. The molecule has 28 heavy (non-hydrogen) atoms. The minimum Gasteiger partial charge on any atom is -0.378 e. The molecule has 2 aromatic rings. The van der Waals surface area contributed by atoms with Crippen LogP contribution in [-0.4, -0.2) is 41.7 Å². The summed E-state index contributed by atoms with van der Waals surface area (Å²) in [4.78, 5) is 27.4. The molecule has 1 saturated heterocycles. The Morgan fingerprint density at radius 1 is 1.39 bits per heavy atom. The molecule has 1 aromatic heterocycles. The number of halogens is 1. The molecule has 146 valence electrons. The third-order valence-electron chi connectivity index (χ3n) is 4.34. The summed E-state index contributed by atoms with van der Waals surface area (Å²) in [5.74, 6) is -0.355. The lowest BCUT2D eigenvalue weighted by molar-refractivity contribution is -0.128. The molecule has 0 aliphatic carbocycles. The highest BCUT2D eigenvalue weighted by molar-refractivity contribution is 7.07. The van der Waals surface area contributed by atoms with Crippen LogP contribution in [0.25, 0.3) is 11.6 Å². The highest BCUT2D eigenvalue weighted by atomic mass is 35.5. The van der Waals surface area contributed by atoms with Gasteiger partial charge in [-0.05, 0) is 30.2 Å². The monoisotopic (exact) mass is 417 g/mol. The maximum atomic E-state index is 12.9. The highest BCUT2D eigenvalue weighted by Crippen LogP contribution is 2.11. The molecule has 0 atom stereocenters. The normalized spacial score (nSPS) is 16.0. The minimum absolute atomic E-state index is 0.00296. The van der Waals surface area contributed by atoms with E-state index in [9.17, 15) is 14.9 Å². The summed E-state index contributed by atoms with van der Waals surface area (Å²) in [5.41, 5.74) is 0.589. The number of carbonyl (C=O) groups excluding carboxylic acids is 1. The molecule has 0 radical (unpaired) electrons. The van der Waals surface area contributed by atoms with Crippen molar-refractivity contribution in [3.63, 3.8) is 0 Å². The van der Waals surface area contributed by atoms with E-state index in [1.54, 1.807) is 23.1 Å². The molecule has 0 spiro atoms. The van der Waals surface area contributed by atoms with Crippen LogP contribution in [0.1, 0.15) is 18.9 Å². The largest absolute Gasteiger partial charge is 0.378 e. The van der Waals surface area contributed by atoms with Gasteiger partial charge in [0.15, 0.2) is 5.57 Å². The van der Waals surface area contributed by atoms with Gasteiger partial charge in [-0.2, -0.15) is 5.26 Å². The van der Waals surface area contributed by atoms with Crippen LogP contribution in [0.2, 0.25) is 5.02 Å². The highest BCUT2D eigenvalue weighted by Gasteiger charge is 2.23. The van der Waals surface area contributed by atoms with Gasteiger partial charge in [0.05, 0.1) is 17.7 Å². The van der Waals surface area contributed by atoms with Crippen LogP contribution < -0.4 is 14.8 Å². The number of rotatable bonds is 4. The third kappa shape index (κ3) is 4.36. The van der Waals surface area contributed by atoms with Crippen molar-refractivity contribution in [2.24, 2.45) is 0 Å². The summed E-state index contributed by atoms with van der Waals surface area (Å²) in [6, 6.07) is 9.21. The van der Waals surface area contributed by atoms with Gasteiger partial charge in [0.2, 0.25) is 0 Å². The van der Waals surface area contributed by atoms with E-state index in [-0.39, 0.29) is 17.0 Å². The van der Waals surface area contributed by atoms with Crippen molar-refractivity contribution >= 4 is 40.5 Å². The standard InChI is InChI=1S/C20H20ClN3O3S/c1-2-6-24-19(26)17(12-14-4-3-5-15(21)11-14)28-20(24)16(13-22)18(25)23-7-9-27-10-8-23/h3-5,11-12H,2,6-10H2,1H3/b17-12-,20-16+. The number of benzene rings is 1. The van der Waals surface area contributed by atoms with Crippen LogP contribution in [0.5, 0.6) is 0 Å². The minimum atomic E-state index is -0.355. The number of thiazole rings is 1. The van der Waals surface area contributed by atoms with Gasteiger partial charge < -0.3 is 9.64 Å². The van der Waals surface area contributed by atoms with Crippen LogP contribution >= 0.6 is 22.9 Å². The smallest absolute Gasteiger partial charge is 0.269 e. The lowest BCUT2D eigenvalue weighted by atomic mass is 10.2. The number of nitrogens with zero attached hydrogens (tertiary/aromatic N) is 3. The second kappa shape index (κ2) is 9.20. The van der Waals surface area contributed by atoms with Crippen LogP contribution in [0.3, 0.4) is 0 Å². The molecular weight excluding hydrogens is 398 g/mol. The van der Waals surface area contributed by atoms with E-state index in [4.69, 9.17) is 16.3 Å². The van der Waals surface area contributed by atoms with Gasteiger partial charge >= 0.3 is 0 Å². The van der Waals surface area contributed by atoms with Gasteiger partial charge in [-0.25, -0.2) is 0 Å². The molecule has 0 N–H and O–H groups in total. The van der Waals surface area contributed by atoms with Crippen LogP contribution in [0.4, 0.5) is 0 Å². The summed E-state index contributed by atoms with van der Waals surface area (Å²) in [6.45, 7) is 4.17. The van der Waals surface area contributed by atoms with E-state index in [0.717, 1.165) is 5.56 Å². The number of hydrogen-bond acceptors (Lipinski definition) is 5. The van der Waals surface area contributed by atoms with Crippen molar-refractivity contribution < 1.29 is 9.53 Å². The van der Waals surface area contributed by atoms with Gasteiger partial charge in [0.1, 0.15) is 10.7 Å². The van der Waals surface area contributed by atoms with Gasteiger partial charge in [-0.1, -0.05) is 30.7 Å². The summed E-state index contributed by atoms with van der Waals surface area (Å²) in [6.07, 6.45) is 2.45. The Hall–Kier alpha value is -2.40. The van der Waals surface area contributed by atoms with E-state index < -0.39 is 0 Å². The van der Waals surface area contributed by atoms with Crippen molar-refractivity contribution in [2.75, 3.05) is 26.3 Å². The third-order valence-corrected chi connectivity index (χ3v) is 5.70. The van der Waals surface area contributed by atoms with E-state index in [1.165, 1.54) is 15.9 Å². The maximum Gasteiger partial charge on any atom is 0.269 e. The number of carbonyl (C=O) groups is 1. The fourth-order valence-corrected chi connectivity index (χ4v) is 4.31. The van der Waals surface area contributed by atoms with Crippen LogP contribution in [0, 0.1) is 11.3 Å². The van der Waals surface area contributed by atoms with Crippen LogP contribution in [-0.2, 0) is 16.1 Å². The molecule has 1 fully saturated rings. The second-order valence-electron chi connectivity index (χ2n) is 6.32. The van der Waals surface area contributed by atoms with E-state index in [2.05, 4.69) is 0 Å². The van der Waals surface area contributed by atoms with Crippen molar-refractivity contribution in [3.8, 4) is 6.07 Å². The van der Waals surface area contributed by atoms with E-state index in [0.29, 0.717) is 53.5 Å². The SMILES string of the molecule is CCCn1c(=O)/c(=C/c2cccc(Cl)c2)s/c1=C(\C#N)C(=O)N1CCOCC1. The van der Waals surface area contributed by atoms with Gasteiger partial charge in [0, 0.05) is 24.7 Å². The Kier molecular flexibility index (Phi) is 6.68. The first-order valence-electron chi connectivity index (χ1n) is 9.03. The summed E-state index contributed by atoms with van der Waals surface area (Å²) < 4.78 is 7.67. The first kappa shape index (κ1) is 20.3. The predicted molar refractivity (Wildman–Crippen MR) is 110 cm³/mol. The Labute approximate surface area is 171 Å². The molecule has 0 bridgehead atoms. The number of morpholine rings is 1. The molecule has 0 unspecified atom stereocenters. The predicted octanol–water partition coefficient (Wildman–Crippen LogP) is 1.34. The Bertz CT molecular complexity index is 1090. The zero-order chi connectivity index (χ0) is 20.1. The fourth-order valence-electron chi connectivity index (χ4n) is 2.99. The molecule has 0 saturated carbocycles. The van der Waals surface area contributed by atoms with Crippen LogP contribution in [0.15, 0.2) is 29.1 Å². The molecule has 1 aliphatic rings. The molecule has 1 aromatic carbocycles. The first-order chi connectivity index (χ1) is 13.5. The first-order valence-corrected chi connectivity index (χ1v) is 10.2. The topological polar surface area (TPSA) is 75.3 Å². The molecular formula is C20H20ClN3O3S. The van der Waals surface area contributed by atoms with Gasteiger partial charge in [-0.15, -0.1) is 11.3 Å². The van der Waals surface area contributed by atoms with Crippen molar-refractivity contribution in [2.45, 2.75) is 19.9 Å². The number of ether oxygens (including phenoxy) is 1. The summed E-state index contributed by atoms with van der Waals surface area (Å²) in [7, 11) is 0. The quantitative estimate of drug-likeness (QED) is 0.752. The lowest BCUT2D eigenvalue weighted by Crippen LogP contribution is -2.42. The maximum absolute atomic E-state index is 12.9. The molecule has 1 amide bonds. The Morgan fingerprint density at radius 3 is 2.79 bits per heavy atom.